The van der Waals surface area contributed by atoms with Crippen LogP contribution in [0.3, 0.4) is 0 Å². The maximum atomic E-state index is 11.3. The second-order valence-corrected chi connectivity index (χ2v) is 2.57. The number of fused-ring (bicyclic) bond motifs is 1. The summed E-state index contributed by atoms with van der Waals surface area (Å²) in [6, 6.07) is 3.23. The zero-order chi connectivity index (χ0) is 8.72. The standard InChI is InChI=1S/C8H6N2O2/c1-5-8(12)10-4-2-3-6(10)7(11)9-5/h2-4H,1H3. The number of rotatable bonds is 0. The fourth-order valence-corrected chi connectivity index (χ4v) is 1.16. The molecule has 0 unspecified atom stereocenters. The van der Waals surface area contributed by atoms with Crippen LogP contribution in [0.15, 0.2) is 23.3 Å². The minimum absolute atomic E-state index is 0.227. The Morgan fingerprint density at radius 3 is 2.92 bits per heavy atom. The lowest BCUT2D eigenvalue weighted by molar-refractivity contribution is 0.0921. The number of aromatic nitrogens is 1. The van der Waals surface area contributed by atoms with Gasteiger partial charge < -0.3 is 0 Å². The van der Waals surface area contributed by atoms with E-state index in [9.17, 15) is 9.59 Å². The Morgan fingerprint density at radius 1 is 1.42 bits per heavy atom. The van der Waals surface area contributed by atoms with E-state index in [4.69, 9.17) is 0 Å². The molecule has 0 fully saturated rings. The molecule has 0 saturated heterocycles. The molecule has 4 heteroatoms. The van der Waals surface area contributed by atoms with Gasteiger partial charge in [-0.15, -0.1) is 0 Å². The summed E-state index contributed by atoms with van der Waals surface area (Å²) in [6.07, 6.45) is 1.56. The van der Waals surface area contributed by atoms with E-state index in [1.807, 2.05) is 0 Å². The van der Waals surface area contributed by atoms with Crippen LogP contribution in [0.4, 0.5) is 0 Å². The molecule has 0 aromatic carbocycles. The molecule has 1 amide bonds. The topological polar surface area (TPSA) is 51.4 Å². The number of amides is 1. The van der Waals surface area contributed by atoms with Gasteiger partial charge in [0.15, 0.2) is 0 Å². The maximum Gasteiger partial charge on any atom is 0.294 e. The van der Waals surface area contributed by atoms with Crippen LogP contribution < -0.4 is 0 Å². The lowest BCUT2D eigenvalue weighted by atomic mass is 10.3. The first-order valence-electron chi connectivity index (χ1n) is 3.52. The van der Waals surface area contributed by atoms with Gasteiger partial charge in [-0.25, -0.2) is 4.99 Å². The van der Waals surface area contributed by atoms with Crippen molar-refractivity contribution in [3.8, 4) is 0 Å². The second kappa shape index (κ2) is 2.14. The van der Waals surface area contributed by atoms with Crippen LogP contribution in [0.1, 0.15) is 22.2 Å². The van der Waals surface area contributed by atoms with Crippen molar-refractivity contribution in [3.63, 3.8) is 0 Å². The van der Waals surface area contributed by atoms with Crippen LogP contribution in [-0.2, 0) is 0 Å². The molecule has 0 atom stereocenters. The van der Waals surface area contributed by atoms with Crippen LogP contribution in [0.2, 0.25) is 0 Å². The SMILES string of the molecule is CC1=NC(=O)c2cccn2C1=O. The molecule has 12 heavy (non-hydrogen) atoms. The fourth-order valence-electron chi connectivity index (χ4n) is 1.16. The summed E-state index contributed by atoms with van der Waals surface area (Å²) in [5.74, 6) is -0.577. The summed E-state index contributed by atoms with van der Waals surface area (Å²) in [5.41, 5.74) is 0.578. The molecule has 60 valence electrons. The van der Waals surface area contributed by atoms with Gasteiger partial charge in [-0.3, -0.25) is 14.2 Å². The highest BCUT2D eigenvalue weighted by Gasteiger charge is 2.22. The molecule has 0 aliphatic carbocycles. The lowest BCUT2D eigenvalue weighted by Gasteiger charge is -2.09. The Hall–Kier alpha value is -1.71. The van der Waals surface area contributed by atoms with Crippen LogP contribution in [-0.4, -0.2) is 22.1 Å². The van der Waals surface area contributed by atoms with Crippen molar-refractivity contribution >= 4 is 17.5 Å². The predicted octanol–water partition coefficient (Wildman–Crippen LogP) is 0.743. The average molecular weight is 162 g/mol. The normalized spacial score (nSPS) is 15.9. The molecule has 0 bridgehead atoms. The molecule has 1 aliphatic rings. The molecule has 1 aliphatic heterocycles. The zero-order valence-electron chi connectivity index (χ0n) is 6.44. The lowest BCUT2D eigenvalue weighted by Crippen LogP contribution is -2.27. The number of aliphatic imine (C=N–C) groups is 1. The Labute approximate surface area is 68.5 Å². The van der Waals surface area contributed by atoms with E-state index in [-0.39, 0.29) is 17.5 Å². The van der Waals surface area contributed by atoms with Crippen LogP contribution in [0, 0.1) is 0 Å². The van der Waals surface area contributed by atoms with Crippen molar-refractivity contribution in [3.05, 3.63) is 24.0 Å². The van der Waals surface area contributed by atoms with Gasteiger partial charge in [-0.1, -0.05) is 0 Å². The first kappa shape index (κ1) is 6.97. The minimum atomic E-state index is -0.350. The van der Waals surface area contributed by atoms with Gasteiger partial charge in [-0.05, 0) is 19.1 Å². The van der Waals surface area contributed by atoms with Crippen molar-refractivity contribution in [2.45, 2.75) is 6.92 Å². The number of hydrogen-bond donors (Lipinski definition) is 0. The molecular formula is C8H6N2O2. The third kappa shape index (κ3) is 0.747. The molecule has 1 aromatic rings. The van der Waals surface area contributed by atoms with Gasteiger partial charge in [-0.2, -0.15) is 0 Å². The average Bonchev–Trinajstić information content (AvgIpc) is 2.48. The van der Waals surface area contributed by atoms with E-state index >= 15 is 0 Å². The van der Waals surface area contributed by atoms with Crippen molar-refractivity contribution in [2.75, 3.05) is 0 Å². The predicted molar refractivity (Wildman–Crippen MR) is 42.5 cm³/mol. The third-order valence-electron chi connectivity index (χ3n) is 1.77. The van der Waals surface area contributed by atoms with Gasteiger partial charge >= 0.3 is 0 Å². The van der Waals surface area contributed by atoms with Crippen molar-refractivity contribution in [2.24, 2.45) is 4.99 Å². The Bertz CT molecular complexity index is 401. The Kier molecular flexibility index (Phi) is 1.24. The van der Waals surface area contributed by atoms with E-state index in [1.54, 1.807) is 18.3 Å². The minimum Gasteiger partial charge on any atom is -0.277 e. The monoisotopic (exact) mass is 162 g/mol. The zero-order valence-corrected chi connectivity index (χ0v) is 6.44. The van der Waals surface area contributed by atoms with Crippen molar-refractivity contribution in [1.82, 2.24) is 4.57 Å². The maximum absolute atomic E-state index is 11.3. The quantitative estimate of drug-likeness (QED) is 0.565. The Balaban J connectivity index is 2.67. The molecule has 2 heterocycles. The van der Waals surface area contributed by atoms with Gasteiger partial charge in [0.1, 0.15) is 11.4 Å². The van der Waals surface area contributed by atoms with Gasteiger partial charge in [0.05, 0.1) is 0 Å². The van der Waals surface area contributed by atoms with E-state index in [1.165, 1.54) is 11.5 Å². The summed E-state index contributed by atoms with van der Waals surface area (Å²) in [5, 5.41) is 0. The number of carbonyl (C=O) groups excluding carboxylic acids is 2. The molecule has 0 spiro atoms. The van der Waals surface area contributed by atoms with Gasteiger partial charge in [0, 0.05) is 6.20 Å². The molecule has 0 N–H and O–H groups in total. The summed E-state index contributed by atoms with van der Waals surface area (Å²) >= 11 is 0. The Morgan fingerprint density at radius 2 is 2.17 bits per heavy atom. The number of carbonyl (C=O) groups is 2. The number of hydrogen-bond acceptors (Lipinski definition) is 2. The third-order valence-corrected chi connectivity index (χ3v) is 1.77. The summed E-state index contributed by atoms with van der Waals surface area (Å²) in [4.78, 5) is 26.0. The first-order chi connectivity index (χ1) is 5.70. The largest absolute Gasteiger partial charge is 0.294 e. The summed E-state index contributed by atoms with van der Waals surface area (Å²) < 4.78 is 1.31. The van der Waals surface area contributed by atoms with E-state index < -0.39 is 0 Å². The van der Waals surface area contributed by atoms with E-state index in [0.717, 1.165) is 0 Å². The highest BCUT2D eigenvalue weighted by Crippen LogP contribution is 2.09. The van der Waals surface area contributed by atoms with E-state index in [0.29, 0.717) is 5.69 Å². The van der Waals surface area contributed by atoms with Crippen LogP contribution >= 0.6 is 0 Å². The second-order valence-electron chi connectivity index (χ2n) is 2.57. The van der Waals surface area contributed by atoms with Crippen LogP contribution in [0.25, 0.3) is 0 Å². The highest BCUT2D eigenvalue weighted by molar-refractivity contribution is 6.42. The van der Waals surface area contributed by atoms with Crippen LogP contribution in [0.5, 0.6) is 0 Å². The molecule has 0 radical (unpaired) electrons. The molecular weight excluding hydrogens is 156 g/mol. The van der Waals surface area contributed by atoms with Crippen molar-refractivity contribution in [1.29, 1.82) is 0 Å². The molecule has 1 aromatic heterocycles. The summed E-state index contributed by atoms with van der Waals surface area (Å²) in [7, 11) is 0. The molecule has 2 rings (SSSR count). The smallest absolute Gasteiger partial charge is 0.277 e. The fraction of sp³-hybridized carbons (Fsp3) is 0.125. The first-order valence-corrected chi connectivity index (χ1v) is 3.52. The van der Waals surface area contributed by atoms with Crippen molar-refractivity contribution < 1.29 is 9.59 Å². The highest BCUT2D eigenvalue weighted by atomic mass is 16.2. The van der Waals surface area contributed by atoms with Gasteiger partial charge in [0.2, 0.25) is 0 Å². The van der Waals surface area contributed by atoms with E-state index in [2.05, 4.69) is 4.99 Å². The van der Waals surface area contributed by atoms with Gasteiger partial charge in [0.25, 0.3) is 11.8 Å². The summed E-state index contributed by atoms with van der Waals surface area (Å²) in [6.45, 7) is 1.53. The molecule has 0 saturated carbocycles. The molecule has 4 nitrogen and oxygen atoms in total. The number of nitrogens with zero attached hydrogens (tertiary/aromatic N) is 2.